The second kappa shape index (κ2) is 7.07. The van der Waals surface area contributed by atoms with Gasteiger partial charge in [-0.3, -0.25) is 4.79 Å². The van der Waals surface area contributed by atoms with Crippen molar-refractivity contribution in [3.05, 3.63) is 47.3 Å². The van der Waals surface area contributed by atoms with Gasteiger partial charge in [0, 0.05) is 17.1 Å². The number of nitrogens with zero attached hydrogens (tertiary/aromatic N) is 4. The highest BCUT2D eigenvalue weighted by Crippen LogP contribution is 2.29. The van der Waals surface area contributed by atoms with E-state index in [1.807, 2.05) is 44.2 Å². The number of carbonyl (C=O) groups excluding carboxylic acids is 1. The third-order valence-electron chi connectivity index (χ3n) is 3.94. The minimum Gasteiger partial charge on any atom is -0.325 e. The summed E-state index contributed by atoms with van der Waals surface area (Å²) in [5.74, 6) is 0.725. The van der Waals surface area contributed by atoms with E-state index in [4.69, 9.17) is 0 Å². The molecule has 1 amide bonds. The first-order chi connectivity index (χ1) is 12.2. The molecule has 1 N–H and O–H groups in total. The van der Waals surface area contributed by atoms with Gasteiger partial charge < -0.3 is 5.32 Å². The highest BCUT2D eigenvalue weighted by molar-refractivity contribution is 7.99. The molecule has 136 valence electrons. The molecule has 0 fully saturated rings. The molecule has 0 aliphatic rings. The predicted octanol–water partition coefficient (Wildman–Crippen LogP) is 3.77. The minimum absolute atomic E-state index is 0.0405. The summed E-state index contributed by atoms with van der Waals surface area (Å²) >= 11 is 1.31. The molecule has 0 saturated carbocycles. The Bertz CT molecular complexity index is 958. The third-order valence-corrected chi connectivity index (χ3v) is 4.78. The smallest absolute Gasteiger partial charge is 0.253 e. The van der Waals surface area contributed by atoms with Crippen LogP contribution in [0.1, 0.15) is 37.7 Å². The molecule has 3 aromatic rings. The van der Waals surface area contributed by atoms with Gasteiger partial charge in [0.05, 0.1) is 5.75 Å². The first kappa shape index (κ1) is 18.4. The Morgan fingerprint density at radius 2 is 1.92 bits per heavy atom. The topological polar surface area (TPSA) is 72.2 Å². The summed E-state index contributed by atoms with van der Waals surface area (Å²) in [5, 5.41) is 7.97. The highest BCUT2D eigenvalue weighted by atomic mass is 32.2. The molecule has 7 heteroatoms. The highest BCUT2D eigenvalue weighted by Gasteiger charge is 2.19. The first-order valence-corrected chi connectivity index (χ1v) is 9.46. The number of anilines is 1. The van der Waals surface area contributed by atoms with Crippen LogP contribution in [-0.2, 0) is 10.2 Å². The number of hydrogen-bond acceptors (Lipinski definition) is 5. The predicted molar refractivity (Wildman–Crippen MR) is 105 cm³/mol. The minimum atomic E-state index is -0.0774. The van der Waals surface area contributed by atoms with Gasteiger partial charge in [-0.2, -0.15) is 4.98 Å². The normalized spacial score (nSPS) is 11.7. The Morgan fingerprint density at radius 1 is 1.19 bits per heavy atom. The lowest BCUT2D eigenvalue weighted by Crippen LogP contribution is -2.19. The molecule has 3 rings (SSSR count). The Kier molecular flexibility index (Phi) is 5.00. The number of amides is 1. The maximum atomic E-state index is 12.4. The molecular formula is C19H23N5OS. The third kappa shape index (κ3) is 4.04. The molecule has 26 heavy (non-hydrogen) atoms. The number of fused-ring (bicyclic) bond motifs is 1. The van der Waals surface area contributed by atoms with Crippen molar-refractivity contribution in [3.63, 3.8) is 0 Å². The molecular weight excluding hydrogens is 346 g/mol. The van der Waals surface area contributed by atoms with Gasteiger partial charge in [-0.25, -0.2) is 9.50 Å². The van der Waals surface area contributed by atoms with Crippen LogP contribution in [0.2, 0.25) is 0 Å². The molecule has 2 aromatic heterocycles. The van der Waals surface area contributed by atoms with Crippen LogP contribution in [-0.4, -0.2) is 31.2 Å². The van der Waals surface area contributed by atoms with Crippen molar-refractivity contribution in [2.24, 2.45) is 0 Å². The van der Waals surface area contributed by atoms with E-state index in [1.54, 1.807) is 4.52 Å². The van der Waals surface area contributed by atoms with Crippen molar-refractivity contribution in [3.8, 4) is 0 Å². The number of para-hydroxylation sites is 1. The summed E-state index contributed by atoms with van der Waals surface area (Å²) in [6, 6.07) is 9.85. The lowest BCUT2D eigenvalue weighted by Gasteiger charge is -2.22. The summed E-state index contributed by atoms with van der Waals surface area (Å²) in [4.78, 5) is 21.2. The molecule has 1 aromatic carbocycles. The summed E-state index contributed by atoms with van der Waals surface area (Å²) in [7, 11) is 0. The second-order valence-electron chi connectivity index (χ2n) is 7.28. The first-order valence-electron chi connectivity index (χ1n) is 8.47. The van der Waals surface area contributed by atoms with Gasteiger partial charge in [0.15, 0.2) is 0 Å². The van der Waals surface area contributed by atoms with Crippen LogP contribution in [0.25, 0.3) is 5.78 Å². The van der Waals surface area contributed by atoms with Crippen LogP contribution in [0.4, 0.5) is 5.69 Å². The maximum Gasteiger partial charge on any atom is 0.253 e. The second-order valence-corrected chi connectivity index (χ2v) is 8.22. The van der Waals surface area contributed by atoms with Crippen molar-refractivity contribution >= 4 is 29.1 Å². The number of rotatable bonds is 4. The molecule has 2 heterocycles. The van der Waals surface area contributed by atoms with Crippen molar-refractivity contribution < 1.29 is 4.79 Å². The zero-order valence-corrected chi connectivity index (χ0v) is 16.5. The van der Waals surface area contributed by atoms with Crippen LogP contribution in [0.5, 0.6) is 0 Å². The lowest BCUT2D eigenvalue weighted by atomic mass is 9.86. The number of aryl methyl sites for hydroxylation is 2. The van der Waals surface area contributed by atoms with E-state index in [2.05, 4.69) is 41.2 Å². The van der Waals surface area contributed by atoms with Gasteiger partial charge in [-0.1, -0.05) is 50.7 Å². The van der Waals surface area contributed by atoms with Crippen LogP contribution in [0.15, 0.2) is 35.5 Å². The van der Waals surface area contributed by atoms with Gasteiger partial charge in [-0.15, -0.1) is 5.10 Å². The molecule has 0 bridgehead atoms. The van der Waals surface area contributed by atoms with E-state index >= 15 is 0 Å². The Labute approximate surface area is 157 Å². The van der Waals surface area contributed by atoms with E-state index in [1.165, 1.54) is 11.8 Å². The summed E-state index contributed by atoms with van der Waals surface area (Å²) in [6.07, 6.45) is 0. The number of thioether (sulfide) groups is 1. The number of carbonyl (C=O) groups is 1. The number of benzene rings is 1. The summed E-state index contributed by atoms with van der Waals surface area (Å²) < 4.78 is 1.70. The van der Waals surface area contributed by atoms with Crippen molar-refractivity contribution in [1.29, 1.82) is 0 Å². The Morgan fingerprint density at radius 3 is 2.65 bits per heavy atom. The quantitative estimate of drug-likeness (QED) is 0.709. The SMILES string of the molecule is Cc1cc(C)n2nc(SCC(=O)Nc3ccccc3C(C)(C)C)nc2n1. The molecule has 0 radical (unpaired) electrons. The fraction of sp³-hybridized carbons (Fsp3) is 0.368. The fourth-order valence-corrected chi connectivity index (χ4v) is 3.39. The fourth-order valence-electron chi connectivity index (χ4n) is 2.77. The van der Waals surface area contributed by atoms with Crippen LogP contribution >= 0.6 is 11.8 Å². The van der Waals surface area contributed by atoms with Crippen molar-refractivity contribution in [1.82, 2.24) is 19.6 Å². The Balaban J connectivity index is 1.70. The zero-order valence-electron chi connectivity index (χ0n) is 15.7. The summed E-state index contributed by atoms with van der Waals surface area (Å²) in [5.41, 5.74) is 3.79. The molecule has 0 unspecified atom stereocenters. The standard InChI is InChI=1S/C19H23N5OS/c1-12-10-13(2)24-17(20-12)22-18(23-24)26-11-16(25)21-15-9-7-6-8-14(15)19(3,4)5/h6-10H,11H2,1-5H3,(H,21,25). The van der Waals surface area contributed by atoms with E-state index in [0.29, 0.717) is 10.9 Å². The van der Waals surface area contributed by atoms with Crippen molar-refractivity contribution in [2.45, 2.75) is 45.2 Å². The largest absolute Gasteiger partial charge is 0.325 e. The molecule has 0 spiro atoms. The van der Waals surface area contributed by atoms with E-state index in [9.17, 15) is 4.79 Å². The van der Waals surface area contributed by atoms with Crippen LogP contribution in [0.3, 0.4) is 0 Å². The molecule has 0 saturated heterocycles. The number of hydrogen-bond donors (Lipinski definition) is 1. The lowest BCUT2D eigenvalue weighted by molar-refractivity contribution is -0.113. The number of nitrogens with one attached hydrogen (secondary N) is 1. The van der Waals surface area contributed by atoms with Crippen LogP contribution in [0, 0.1) is 13.8 Å². The monoisotopic (exact) mass is 369 g/mol. The van der Waals surface area contributed by atoms with Crippen molar-refractivity contribution in [2.75, 3.05) is 11.1 Å². The molecule has 6 nitrogen and oxygen atoms in total. The average Bonchev–Trinajstić information content (AvgIpc) is 2.96. The summed E-state index contributed by atoms with van der Waals surface area (Å²) in [6.45, 7) is 10.3. The molecule has 0 aliphatic heterocycles. The average molecular weight is 369 g/mol. The van der Waals surface area contributed by atoms with Gasteiger partial charge in [-0.05, 0) is 37.0 Å². The molecule has 0 atom stereocenters. The van der Waals surface area contributed by atoms with E-state index < -0.39 is 0 Å². The number of aromatic nitrogens is 4. The van der Waals surface area contributed by atoms with Gasteiger partial charge in [0.2, 0.25) is 11.1 Å². The van der Waals surface area contributed by atoms with E-state index in [0.717, 1.165) is 22.6 Å². The van der Waals surface area contributed by atoms with E-state index in [-0.39, 0.29) is 17.1 Å². The Hall–Kier alpha value is -2.41. The van der Waals surface area contributed by atoms with Gasteiger partial charge in [0.1, 0.15) is 0 Å². The zero-order chi connectivity index (χ0) is 18.9. The molecule has 0 aliphatic carbocycles. The maximum absolute atomic E-state index is 12.4. The van der Waals surface area contributed by atoms with Gasteiger partial charge >= 0.3 is 0 Å². The van der Waals surface area contributed by atoms with Crippen LogP contribution < -0.4 is 5.32 Å². The van der Waals surface area contributed by atoms with Gasteiger partial charge in [0.25, 0.3) is 5.78 Å².